The topological polar surface area (TPSA) is 64.1 Å². The Bertz CT molecular complexity index is 329. The van der Waals surface area contributed by atoms with E-state index in [4.69, 9.17) is 10.3 Å². The second kappa shape index (κ2) is 4.97. The normalized spacial score (nSPS) is 25.2. The molecular formula is C12H21N3O. The average molecular weight is 223 g/mol. The molecule has 1 aliphatic carbocycles. The Morgan fingerprint density at radius 2 is 2.25 bits per heavy atom. The van der Waals surface area contributed by atoms with Gasteiger partial charge < -0.3 is 15.6 Å². The highest BCUT2D eigenvalue weighted by atomic mass is 16.5. The Morgan fingerprint density at radius 1 is 1.44 bits per heavy atom. The minimum absolute atomic E-state index is 0.568. The van der Waals surface area contributed by atoms with Crippen molar-refractivity contribution in [3.8, 4) is 0 Å². The predicted octanol–water partition coefficient (Wildman–Crippen LogP) is 1.51. The van der Waals surface area contributed by atoms with Crippen molar-refractivity contribution < 1.29 is 4.52 Å². The highest BCUT2D eigenvalue weighted by Crippen LogP contribution is 2.25. The van der Waals surface area contributed by atoms with Gasteiger partial charge in [-0.25, -0.2) is 0 Å². The molecule has 0 spiro atoms. The van der Waals surface area contributed by atoms with Gasteiger partial charge in [0.2, 0.25) is 0 Å². The summed E-state index contributed by atoms with van der Waals surface area (Å²) in [4.78, 5) is 0. The summed E-state index contributed by atoms with van der Waals surface area (Å²) >= 11 is 0. The van der Waals surface area contributed by atoms with Gasteiger partial charge in [0, 0.05) is 18.2 Å². The second-order valence-electron chi connectivity index (χ2n) is 4.72. The van der Waals surface area contributed by atoms with E-state index in [1.54, 1.807) is 0 Å². The molecule has 0 aliphatic heterocycles. The average Bonchev–Trinajstić information content (AvgIpc) is 2.84. The van der Waals surface area contributed by atoms with Crippen LogP contribution < -0.4 is 11.1 Å². The molecule has 1 heterocycles. The molecule has 0 saturated heterocycles. The van der Waals surface area contributed by atoms with Crippen molar-refractivity contribution in [3.63, 3.8) is 0 Å². The zero-order chi connectivity index (χ0) is 11.5. The van der Waals surface area contributed by atoms with Gasteiger partial charge >= 0.3 is 0 Å². The minimum atomic E-state index is 0.568. The number of nitrogens with zero attached hydrogens (tertiary/aromatic N) is 1. The molecule has 3 N–H and O–H groups in total. The van der Waals surface area contributed by atoms with Crippen LogP contribution in [0.3, 0.4) is 0 Å². The highest BCUT2D eigenvalue weighted by molar-refractivity contribution is 5.20. The van der Waals surface area contributed by atoms with E-state index in [-0.39, 0.29) is 0 Å². The summed E-state index contributed by atoms with van der Waals surface area (Å²) in [6, 6.07) is 0.568. The van der Waals surface area contributed by atoms with E-state index in [9.17, 15) is 0 Å². The Labute approximate surface area is 96.6 Å². The summed E-state index contributed by atoms with van der Waals surface area (Å²) in [7, 11) is 0. The summed E-state index contributed by atoms with van der Waals surface area (Å²) in [6.45, 7) is 5.59. The quantitative estimate of drug-likeness (QED) is 0.812. The minimum Gasteiger partial charge on any atom is -0.361 e. The fraction of sp³-hybridized carbons (Fsp3) is 0.750. The molecule has 2 unspecified atom stereocenters. The third kappa shape index (κ3) is 2.28. The van der Waals surface area contributed by atoms with E-state index in [0.29, 0.717) is 12.0 Å². The molecule has 0 radical (unpaired) electrons. The Kier molecular flexibility index (Phi) is 3.61. The second-order valence-corrected chi connectivity index (χ2v) is 4.72. The first-order valence-electron chi connectivity index (χ1n) is 6.07. The van der Waals surface area contributed by atoms with E-state index in [1.165, 1.54) is 24.8 Å². The Balaban J connectivity index is 1.92. The molecule has 16 heavy (non-hydrogen) atoms. The molecule has 2 rings (SSSR count). The van der Waals surface area contributed by atoms with Gasteiger partial charge in [-0.1, -0.05) is 11.6 Å². The molecular weight excluding hydrogens is 202 g/mol. The lowest BCUT2D eigenvalue weighted by molar-refractivity contribution is 0.387. The van der Waals surface area contributed by atoms with Crippen LogP contribution in [-0.2, 0) is 6.54 Å². The van der Waals surface area contributed by atoms with Gasteiger partial charge in [-0.2, -0.15) is 0 Å². The summed E-state index contributed by atoms with van der Waals surface area (Å²) in [5.41, 5.74) is 7.95. The zero-order valence-corrected chi connectivity index (χ0v) is 10.1. The number of aryl methyl sites for hydroxylation is 2. The maximum absolute atomic E-state index is 5.76. The number of nitrogens with two attached hydrogens (primary N) is 1. The van der Waals surface area contributed by atoms with Crippen LogP contribution in [0.4, 0.5) is 0 Å². The molecule has 4 nitrogen and oxygen atoms in total. The van der Waals surface area contributed by atoms with Crippen LogP contribution in [-0.4, -0.2) is 17.7 Å². The van der Waals surface area contributed by atoms with Crippen LogP contribution in [0.2, 0.25) is 0 Å². The van der Waals surface area contributed by atoms with Crippen LogP contribution >= 0.6 is 0 Å². The maximum Gasteiger partial charge on any atom is 0.138 e. The van der Waals surface area contributed by atoms with Crippen molar-refractivity contribution in [2.24, 2.45) is 11.7 Å². The highest BCUT2D eigenvalue weighted by Gasteiger charge is 2.25. The van der Waals surface area contributed by atoms with Crippen LogP contribution in [0.15, 0.2) is 4.52 Å². The van der Waals surface area contributed by atoms with Crippen molar-refractivity contribution in [2.75, 3.05) is 6.54 Å². The van der Waals surface area contributed by atoms with Gasteiger partial charge in [-0.05, 0) is 39.2 Å². The predicted molar refractivity (Wildman–Crippen MR) is 63.0 cm³/mol. The molecule has 4 heteroatoms. The number of aromatic nitrogens is 1. The number of rotatable bonds is 4. The third-order valence-corrected chi connectivity index (χ3v) is 3.68. The number of hydrogen-bond acceptors (Lipinski definition) is 4. The fourth-order valence-corrected chi connectivity index (χ4v) is 2.58. The lowest BCUT2D eigenvalue weighted by atomic mass is 10.0. The number of hydrogen-bond donors (Lipinski definition) is 2. The van der Waals surface area contributed by atoms with Gasteiger partial charge in [-0.3, -0.25) is 0 Å². The van der Waals surface area contributed by atoms with Gasteiger partial charge in [0.05, 0.1) is 5.69 Å². The number of nitrogens with one attached hydrogen (secondary N) is 1. The van der Waals surface area contributed by atoms with Crippen molar-refractivity contribution in [2.45, 2.75) is 45.7 Å². The van der Waals surface area contributed by atoms with E-state index in [0.717, 1.165) is 24.5 Å². The fourth-order valence-electron chi connectivity index (χ4n) is 2.58. The first-order valence-corrected chi connectivity index (χ1v) is 6.07. The third-order valence-electron chi connectivity index (χ3n) is 3.68. The Hall–Kier alpha value is -0.870. The van der Waals surface area contributed by atoms with E-state index < -0.39 is 0 Å². The van der Waals surface area contributed by atoms with Crippen molar-refractivity contribution >= 4 is 0 Å². The Morgan fingerprint density at radius 3 is 2.88 bits per heavy atom. The monoisotopic (exact) mass is 223 g/mol. The first-order chi connectivity index (χ1) is 7.72. The summed E-state index contributed by atoms with van der Waals surface area (Å²) in [5.74, 6) is 1.56. The molecule has 1 aliphatic rings. The van der Waals surface area contributed by atoms with Gasteiger partial charge in [-0.15, -0.1) is 0 Å². The molecule has 90 valence electrons. The smallest absolute Gasteiger partial charge is 0.138 e. The largest absolute Gasteiger partial charge is 0.361 e. The standard InChI is InChI=1S/C12H21N3O/c1-8-11(9(2)16-15-8)7-14-12-5-3-4-10(12)6-13/h10,12,14H,3-7,13H2,1-2H3. The van der Waals surface area contributed by atoms with Crippen molar-refractivity contribution in [1.29, 1.82) is 0 Å². The molecule has 2 atom stereocenters. The van der Waals surface area contributed by atoms with Crippen molar-refractivity contribution in [3.05, 3.63) is 17.0 Å². The maximum atomic E-state index is 5.76. The van der Waals surface area contributed by atoms with E-state index in [1.807, 2.05) is 13.8 Å². The van der Waals surface area contributed by atoms with E-state index in [2.05, 4.69) is 10.5 Å². The molecule has 1 saturated carbocycles. The summed E-state index contributed by atoms with van der Waals surface area (Å²) in [6.07, 6.45) is 3.79. The lowest BCUT2D eigenvalue weighted by Crippen LogP contribution is -2.35. The lowest BCUT2D eigenvalue weighted by Gasteiger charge is -2.19. The summed E-state index contributed by atoms with van der Waals surface area (Å²) < 4.78 is 5.15. The van der Waals surface area contributed by atoms with Crippen LogP contribution in [0.5, 0.6) is 0 Å². The molecule has 1 aromatic heterocycles. The molecule has 1 aromatic rings. The van der Waals surface area contributed by atoms with Crippen LogP contribution in [0.1, 0.15) is 36.3 Å². The van der Waals surface area contributed by atoms with E-state index >= 15 is 0 Å². The first kappa shape index (κ1) is 11.6. The van der Waals surface area contributed by atoms with Crippen molar-refractivity contribution in [1.82, 2.24) is 10.5 Å². The summed E-state index contributed by atoms with van der Waals surface area (Å²) in [5, 5.41) is 7.55. The van der Waals surface area contributed by atoms with Crippen LogP contribution in [0.25, 0.3) is 0 Å². The van der Waals surface area contributed by atoms with Gasteiger partial charge in [0.15, 0.2) is 0 Å². The van der Waals surface area contributed by atoms with Gasteiger partial charge in [0.1, 0.15) is 5.76 Å². The molecule has 1 fully saturated rings. The molecule has 0 bridgehead atoms. The zero-order valence-electron chi connectivity index (χ0n) is 10.1. The SMILES string of the molecule is Cc1noc(C)c1CNC1CCCC1CN. The molecule has 0 amide bonds. The van der Waals surface area contributed by atoms with Gasteiger partial charge in [0.25, 0.3) is 0 Å². The molecule has 0 aromatic carbocycles. The van der Waals surface area contributed by atoms with Crippen LogP contribution in [0, 0.1) is 19.8 Å².